The molecule has 0 unspecified atom stereocenters. The zero-order valence-electron chi connectivity index (χ0n) is 8.54. The highest BCUT2D eigenvalue weighted by Gasteiger charge is 2.06. The first-order chi connectivity index (χ1) is 7.77. The molecular weight excluding hydrogens is 206 g/mol. The number of benzene rings is 1. The second-order valence-electron chi connectivity index (χ2n) is 2.97. The lowest BCUT2D eigenvalue weighted by Gasteiger charge is -1.95. The Hall–Kier alpha value is -2.23. The molecule has 0 aliphatic heterocycles. The lowest BCUT2D eigenvalue weighted by molar-refractivity contribution is -0.119. The van der Waals surface area contributed by atoms with E-state index >= 15 is 0 Å². The average molecular weight is 217 g/mol. The number of rotatable bonds is 5. The van der Waals surface area contributed by atoms with Gasteiger partial charge in [-0.2, -0.15) is 0 Å². The molecule has 0 spiro atoms. The molecule has 1 rings (SSSR count). The van der Waals surface area contributed by atoms with Crippen LogP contribution in [0.4, 0.5) is 5.69 Å². The molecule has 0 heterocycles. The van der Waals surface area contributed by atoms with Crippen LogP contribution in [-0.4, -0.2) is 23.4 Å². The number of ketones is 1. The van der Waals surface area contributed by atoms with E-state index in [0.29, 0.717) is 18.2 Å². The number of aldehydes is 1. The van der Waals surface area contributed by atoms with Crippen LogP contribution >= 0.6 is 0 Å². The van der Waals surface area contributed by atoms with Gasteiger partial charge in [-0.05, 0) is 12.1 Å². The Balaban J connectivity index is 2.75. The predicted molar refractivity (Wildman–Crippen MR) is 61.0 cm³/mol. The van der Waals surface area contributed by atoms with Crippen LogP contribution in [-0.2, 0) is 9.59 Å². The van der Waals surface area contributed by atoms with Crippen molar-refractivity contribution in [3.05, 3.63) is 42.2 Å². The summed E-state index contributed by atoms with van der Waals surface area (Å²) in [5, 5.41) is 8.81. The minimum absolute atomic E-state index is 0.0101. The Kier molecular flexibility index (Phi) is 4.66. The summed E-state index contributed by atoms with van der Waals surface area (Å²) >= 11 is 0. The second-order valence-corrected chi connectivity index (χ2v) is 2.97. The summed E-state index contributed by atoms with van der Waals surface area (Å²) in [5.74, 6) is -0.461. The maximum absolute atomic E-state index is 11.2. The predicted octanol–water partition coefficient (Wildman–Crippen LogP) is 1.99. The van der Waals surface area contributed by atoms with Gasteiger partial charge >= 0.3 is 0 Å². The second kappa shape index (κ2) is 6.29. The lowest BCUT2D eigenvalue weighted by atomic mass is 10.1. The molecule has 0 aromatic heterocycles. The number of carbonyl (C=O) groups excluding carboxylic acids is 2. The number of Topliss-reactive ketones (excluding diaryl/α,β-unsaturated/α-hetero) is 1. The number of aliphatic hydroxyl groups excluding tert-OH is 1. The summed E-state index contributed by atoms with van der Waals surface area (Å²) in [4.78, 5) is 25.4. The maximum atomic E-state index is 11.2. The Morgan fingerprint density at radius 2 is 2.00 bits per heavy atom. The monoisotopic (exact) mass is 217 g/mol. The summed E-state index contributed by atoms with van der Waals surface area (Å²) in [6.07, 6.45) is 2.12. The molecule has 16 heavy (non-hydrogen) atoms. The molecule has 82 valence electrons. The Morgan fingerprint density at radius 3 is 2.56 bits per heavy atom. The van der Waals surface area contributed by atoms with Gasteiger partial charge in [0.05, 0.1) is 23.9 Å². The van der Waals surface area contributed by atoms with Crippen LogP contribution in [0.1, 0.15) is 6.42 Å². The number of allylic oxidation sites excluding steroid dienone is 1. The average Bonchev–Trinajstić information content (AvgIpc) is 2.31. The summed E-state index contributed by atoms with van der Waals surface area (Å²) in [7, 11) is 0. The number of nitrogens with zero attached hydrogens (tertiary/aromatic N) is 1. The number of aliphatic hydroxyl groups is 1. The first kappa shape index (κ1) is 11.8. The van der Waals surface area contributed by atoms with E-state index in [1.807, 2.05) is 18.2 Å². The molecule has 0 saturated heterocycles. The van der Waals surface area contributed by atoms with E-state index in [9.17, 15) is 9.59 Å². The van der Waals surface area contributed by atoms with Crippen molar-refractivity contribution in [2.24, 2.45) is 4.99 Å². The molecule has 0 fully saturated rings. The minimum atomic E-state index is -0.461. The quantitative estimate of drug-likeness (QED) is 0.269. The highest BCUT2D eigenvalue weighted by molar-refractivity contribution is 6.16. The SMILES string of the molecule is O=CCC(=O)C(C=Nc1ccccc1)=CO. The summed E-state index contributed by atoms with van der Waals surface area (Å²) in [6.45, 7) is 0. The van der Waals surface area contributed by atoms with Gasteiger partial charge in [-0.3, -0.25) is 9.79 Å². The van der Waals surface area contributed by atoms with E-state index in [0.717, 1.165) is 0 Å². The molecule has 0 atom stereocenters. The van der Waals surface area contributed by atoms with Crippen molar-refractivity contribution in [1.29, 1.82) is 0 Å². The van der Waals surface area contributed by atoms with E-state index in [2.05, 4.69) is 4.99 Å². The largest absolute Gasteiger partial charge is 0.515 e. The van der Waals surface area contributed by atoms with E-state index in [1.54, 1.807) is 12.1 Å². The summed E-state index contributed by atoms with van der Waals surface area (Å²) < 4.78 is 0. The van der Waals surface area contributed by atoms with Crippen LogP contribution in [0.5, 0.6) is 0 Å². The van der Waals surface area contributed by atoms with Crippen molar-refractivity contribution < 1.29 is 14.7 Å². The van der Waals surface area contributed by atoms with Crippen molar-refractivity contribution in [3.8, 4) is 0 Å². The smallest absolute Gasteiger partial charge is 0.174 e. The number of hydrogen-bond acceptors (Lipinski definition) is 4. The molecule has 0 saturated carbocycles. The van der Waals surface area contributed by atoms with Gasteiger partial charge in [0.1, 0.15) is 6.29 Å². The van der Waals surface area contributed by atoms with Crippen LogP contribution in [0, 0.1) is 0 Å². The zero-order chi connectivity index (χ0) is 11.8. The van der Waals surface area contributed by atoms with Crippen LogP contribution in [0.2, 0.25) is 0 Å². The van der Waals surface area contributed by atoms with Gasteiger partial charge in [0.15, 0.2) is 5.78 Å². The zero-order valence-corrected chi connectivity index (χ0v) is 8.54. The van der Waals surface area contributed by atoms with Crippen LogP contribution in [0.25, 0.3) is 0 Å². The molecule has 1 aromatic carbocycles. The topological polar surface area (TPSA) is 66.7 Å². The van der Waals surface area contributed by atoms with Crippen LogP contribution < -0.4 is 0 Å². The number of aliphatic imine (C=N–C) groups is 1. The highest BCUT2D eigenvalue weighted by atomic mass is 16.2. The lowest BCUT2D eigenvalue weighted by Crippen LogP contribution is -2.04. The van der Waals surface area contributed by atoms with Gasteiger partial charge in [0, 0.05) is 6.21 Å². The van der Waals surface area contributed by atoms with Gasteiger partial charge in [-0.15, -0.1) is 0 Å². The van der Waals surface area contributed by atoms with E-state index < -0.39 is 5.78 Å². The Bertz CT molecular complexity index is 421. The number of hydrogen-bond donors (Lipinski definition) is 1. The van der Waals surface area contributed by atoms with E-state index in [1.165, 1.54) is 6.21 Å². The molecule has 1 aromatic rings. The van der Waals surface area contributed by atoms with Crippen molar-refractivity contribution in [3.63, 3.8) is 0 Å². The van der Waals surface area contributed by atoms with Crippen molar-refractivity contribution in [2.75, 3.05) is 0 Å². The molecular formula is C12H11NO3. The van der Waals surface area contributed by atoms with Crippen LogP contribution in [0.3, 0.4) is 0 Å². The molecule has 0 aliphatic carbocycles. The molecule has 0 aliphatic rings. The van der Waals surface area contributed by atoms with Gasteiger partial charge in [0.2, 0.25) is 0 Å². The third-order valence-electron chi connectivity index (χ3n) is 1.84. The molecule has 0 bridgehead atoms. The first-order valence-electron chi connectivity index (χ1n) is 4.68. The standard InChI is InChI=1S/C12H11NO3/c14-7-6-12(16)10(9-15)8-13-11-4-2-1-3-5-11/h1-5,7-9,15H,6H2. The van der Waals surface area contributed by atoms with Crippen molar-refractivity contribution in [2.45, 2.75) is 6.42 Å². The fraction of sp³-hybridized carbons (Fsp3) is 0.0833. The molecule has 4 heteroatoms. The summed E-state index contributed by atoms with van der Waals surface area (Å²) in [5.41, 5.74) is 0.678. The molecule has 0 radical (unpaired) electrons. The molecule has 1 N–H and O–H groups in total. The third kappa shape index (κ3) is 3.49. The molecule has 4 nitrogen and oxygen atoms in total. The fourth-order valence-electron chi connectivity index (χ4n) is 1.03. The normalized spacial score (nSPS) is 11.6. The first-order valence-corrected chi connectivity index (χ1v) is 4.68. The Morgan fingerprint density at radius 1 is 1.31 bits per heavy atom. The van der Waals surface area contributed by atoms with Gasteiger partial charge in [0.25, 0.3) is 0 Å². The van der Waals surface area contributed by atoms with Gasteiger partial charge in [-0.25, -0.2) is 0 Å². The fourth-order valence-corrected chi connectivity index (χ4v) is 1.03. The van der Waals surface area contributed by atoms with Gasteiger partial charge in [-0.1, -0.05) is 18.2 Å². The van der Waals surface area contributed by atoms with E-state index in [4.69, 9.17) is 5.11 Å². The third-order valence-corrected chi connectivity index (χ3v) is 1.84. The molecule has 0 amide bonds. The number of carbonyl (C=O) groups is 2. The van der Waals surface area contributed by atoms with Gasteiger partial charge < -0.3 is 9.90 Å². The van der Waals surface area contributed by atoms with Crippen molar-refractivity contribution >= 4 is 24.0 Å². The Labute approximate surface area is 92.9 Å². The number of para-hydroxylation sites is 1. The van der Waals surface area contributed by atoms with Crippen molar-refractivity contribution in [1.82, 2.24) is 0 Å². The maximum Gasteiger partial charge on any atom is 0.174 e. The van der Waals surface area contributed by atoms with E-state index in [-0.39, 0.29) is 12.0 Å². The highest BCUT2D eigenvalue weighted by Crippen LogP contribution is 2.09. The minimum Gasteiger partial charge on any atom is -0.515 e. The van der Waals surface area contributed by atoms with Crippen LogP contribution in [0.15, 0.2) is 47.2 Å². The summed E-state index contributed by atoms with van der Waals surface area (Å²) in [6, 6.07) is 8.98.